The summed E-state index contributed by atoms with van der Waals surface area (Å²) in [6.07, 6.45) is -3.13. The number of aromatic nitrogens is 1. The van der Waals surface area contributed by atoms with Crippen LogP contribution in [0.5, 0.6) is 0 Å². The van der Waals surface area contributed by atoms with Crippen molar-refractivity contribution < 1.29 is 22.7 Å². The molecule has 1 aromatic heterocycles. The van der Waals surface area contributed by atoms with Gasteiger partial charge in [0.05, 0.1) is 17.7 Å². The molecule has 4 nitrogen and oxygen atoms in total. The third-order valence-corrected chi connectivity index (χ3v) is 2.77. The van der Waals surface area contributed by atoms with Crippen LogP contribution >= 0.6 is 11.6 Å². The Morgan fingerprint density at radius 1 is 1.50 bits per heavy atom. The van der Waals surface area contributed by atoms with E-state index in [9.17, 15) is 18.0 Å². The fraction of sp³-hybridized carbons (Fsp3) is 0.500. The highest BCUT2D eigenvalue weighted by atomic mass is 35.5. The van der Waals surface area contributed by atoms with Crippen LogP contribution in [0.4, 0.5) is 19.0 Å². The van der Waals surface area contributed by atoms with Crippen molar-refractivity contribution in [2.45, 2.75) is 19.5 Å². The lowest BCUT2D eigenvalue weighted by Crippen LogP contribution is -2.32. The van der Waals surface area contributed by atoms with Crippen LogP contribution in [0, 0.1) is 0 Å². The number of nitrogens with zero attached hydrogens (tertiary/aromatic N) is 2. The SMILES string of the molecule is CCCN(CC(=O)OC)c1ncc(C(F)(F)F)cc1Cl. The molecule has 1 aromatic rings. The minimum absolute atomic E-state index is 0.123. The molecule has 0 saturated heterocycles. The molecule has 0 radical (unpaired) electrons. The largest absolute Gasteiger partial charge is 0.468 e. The summed E-state index contributed by atoms with van der Waals surface area (Å²) in [6, 6.07) is 0.795. The van der Waals surface area contributed by atoms with E-state index in [0.29, 0.717) is 19.2 Å². The van der Waals surface area contributed by atoms with Gasteiger partial charge in [0, 0.05) is 12.7 Å². The van der Waals surface area contributed by atoms with Crippen molar-refractivity contribution in [2.24, 2.45) is 0 Å². The first kappa shape index (κ1) is 16.6. The molecule has 112 valence electrons. The highest BCUT2D eigenvalue weighted by molar-refractivity contribution is 6.33. The highest BCUT2D eigenvalue weighted by Crippen LogP contribution is 2.33. The molecule has 0 bridgehead atoms. The van der Waals surface area contributed by atoms with Gasteiger partial charge in [0.2, 0.25) is 0 Å². The van der Waals surface area contributed by atoms with Crippen molar-refractivity contribution in [1.29, 1.82) is 0 Å². The Hall–Kier alpha value is -1.50. The molecule has 0 aliphatic carbocycles. The zero-order valence-electron chi connectivity index (χ0n) is 11.0. The van der Waals surface area contributed by atoms with E-state index in [1.54, 1.807) is 0 Å². The van der Waals surface area contributed by atoms with Crippen molar-refractivity contribution in [2.75, 3.05) is 25.1 Å². The van der Waals surface area contributed by atoms with Crippen molar-refractivity contribution in [3.8, 4) is 0 Å². The molecule has 1 heterocycles. The van der Waals surface area contributed by atoms with Crippen molar-refractivity contribution in [1.82, 2.24) is 4.98 Å². The number of carbonyl (C=O) groups is 1. The number of anilines is 1. The van der Waals surface area contributed by atoms with Gasteiger partial charge < -0.3 is 9.64 Å². The third kappa shape index (κ3) is 4.26. The number of hydrogen-bond donors (Lipinski definition) is 0. The van der Waals surface area contributed by atoms with Gasteiger partial charge in [-0.15, -0.1) is 0 Å². The van der Waals surface area contributed by atoms with Gasteiger partial charge in [0.1, 0.15) is 12.4 Å². The second-order valence-electron chi connectivity index (χ2n) is 4.02. The lowest BCUT2D eigenvalue weighted by molar-refractivity contribution is -0.139. The fourth-order valence-electron chi connectivity index (χ4n) is 1.57. The molecule has 0 fully saturated rings. The van der Waals surface area contributed by atoms with Gasteiger partial charge in [-0.2, -0.15) is 13.2 Å². The van der Waals surface area contributed by atoms with Crippen LogP contribution in [0.15, 0.2) is 12.3 Å². The Balaban J connectivity index is 3.05. The maximum absolute atomic E-state index is 12.5. The first-order valence-corrected chi connectivity index (χ1v) is 6.21. The molecule has 8 heteroatoms. The standard InChI is InChI=1S/C12H14ClF3N2O2/c1-3-4-18(7-10(19)20-2)11-9(13)5-8(6-17-11)12(14,15)16/h5-6H,3-4,7H2,1-2H3. The average Bonchev–Trinajstić information content (AvgIpc) is 2.37. The van der Waals surface area contributed by atoms with Gasteiger partial charge in [-0.1, -0.05) is 18.5 Å². The van der Waals surface area contributed by atoms with Crippen LogP contribution in [0.3, 0.4) is 0 Å². The average molecular weight is 311 g/mol. The van der Waals surface area contributed by atoms with E-state index in [1.165, 1.54) is 12.0 Å². The molecule has 0 aliphatic heterocycles. The topological polar surface area (TPSA) is 42.4 Å². The zero-order chi connectivity index (χ0) is 15.3. The van der Waals surface area contributed by atoms with E-state index >= 15 is 0 Å². The van der Waals surface area contributed by atoms with Crippen molar-refractivity contribution >= 4 is 23.4 Å². The van der Waals surface area contributed by atoms with Gasteiger partial charge in [0.25, 0.3) is 0 Å². The van der Waals surface area contributed by atoms with Crippen LogP contribution in [0.2, 0.25) is 5.02 Å². The molecule has 0 saturated carbocycles. The maximum atomic E-state index is 12.5. The highest BCUT2D eigenvalue weighted by Gasteiger charge is 2.32. The normalized spacial score (nSPS) is 11.3. The predicted octanol–water partition coefficient (Wildman–Crippen LogP) is 3.14. The van der Waals surface area contributed by atoms with Gasteiger partial charge in [-0.25, -0.2) is 4.98 Å². The Labute approximate surface area is 119 Å². The maximum Gasteiger partial charge on any atom is 0.417 e. The number of rotatable bonds is 5. The third-order valence-electron chi connectivity index (χ3n) is 2.49. The fourth-order valence-corrected chi connectivity index (χ4v) is 1.85. The Morgan fingerprint density at radius 2 is 2.15 bits per heavy atom. The Morgan fingerprint density at radius 3 is 2.60 bits per heavy atom. The number of methoxy groups -OCH3 is 1. The monoisotopic (exact) mass is 310 g/mol. The van der Waals surface area contributed by atoms with Crippen LogP contribution in [-0.4, -0.2) is 31.2 Å². The zero-order valence-corrected chi connectivity index (χ0v) is 11.8. The number of halogens is 4. The van der Waals surface area contributed by atoms with E-state index in [0.717, 1.165) is 6.07 Å². The van der Waals surface area contributed by atoms with E-state index in [4.69, 9.17) is 11.6 Å². The molecule has 0 unspecified atom stereocenters. The first-order valence-electron chi connectivity index (χ1n) is 5.84. The summed E-state index contributed by atoms with van der Waals surface area (Å²) in [7, 11) is 1.23. The second-order valence-corrected chi connectivity index (χ2v) is 4.43. The van der Waals surface area contributed by atoms with Crippen LogP contribution in [0.25, 0.3) is 0 Å². The summed E-state index contributed by atoms with van der Waals surface area (Å²) in [4.78, 5) is 16.5. The molecular weight excluding hydrogens is 297 g/mol. The number of ether oxygens (including phenoxy) is 1. The predicted molar refractivity (Wildman–Crippen MR) is 68.8 cm³/mol. The number of pyridine rings is 1. The lowest BCUT2D eigenvalue weighted by Gasteiger charge is -2.23. The van der Waals surface area contributed by atoms with Crippen molar-refractivity contribution in [3.63, 3.8) is 0 Å². The first-order chi connectivity index (χ1) is 9.29. The summed E-state index contributed by atoms with van der Waals surface area (Å²) in [5.74, 6) is -0.386. The second kappa shape index (κ2) is 6.78. The van der Waals surface area contributed by atoms with E-state index in [1.807, 2.05) is 6.92 Å². The molecule has 0 N–H and O–H groups in total. The Bertz CT molecular complexity index is 480. The number of hydrogen-bond acceptors (Lipinski definition) is 4. The van der Waals surface area contributed by atoms with Gasteiger partial charge in [-0.3, -0.25) is 4.79 Å². The number of esters is 1. The summed E-state index contributed by atoms with van der Waals surface area (Å²) in [6.45, 7) is 2.16. The molecule has 1 rings (SSSR count). The molecular formula is C12H14ClF3N2O2. The van der Waals surface area contributed by atoms with E-state index < -0.39 is 17.7 Å². The van der Waals surface area contributed by atoms with Crippen LogP contribution in [0.1, 0.15) is 18.9 Å². The molecule has 0 atom stereocenters. The summed E-state index contributed by atoms with van der Waals surface area (Å²) < 4.78 is 42.1. The molecule has 20 heavy (non-hydrogen) atoms. The quantitative estimate of drug-likeness (QED) is 0.784. The summed E-state index contributed by atoms with van der Waals surface area (Å²) in [5.41, 5.74) is -0.930. The molecule has 0 amide bonds. The van der Waals surface area contributed by atoms with Crippen LogP contribution in [-0.2, 0) is 15.7 Å². The minimum Gasteiger partial charge on any atom is -0.468 e. The van der Waals surface area contributed by atoms with Gasteiger partial charge in [0.15, 0.2) is 0 Å². The molecule has 0 aliphatic rings. The van der Waals surface area contributed by atoms with Crippen molar-refractivity contribution in [3.05, 3.63) is 22.8 Å². The summed E-state index contributed by atoms with van der Waals surface area (Å²) >= 11 is 5.84. The number of carbonyl (C=O) groups excluding carboxylic acids is 1. The molecule has 0 spiro atoms. The summed E-state index contributed by atoms with van der Waals surface area (Å²) in [5, 5.41) is -0.155. The number of alkyl halides is 3. The molecule has 0 aromatic carbocycles. The van der Waals surface area contributed by atoms with Gasteiger partial charge >= 0.3 is 12.1 Å². The Kier molecular flexibility index (Phi) is 5.62. The minimum atomic E-state index is -4.51. The lowest BCUT2D eigenvalue weighted by atomic mass is 10.2. The smallest absolute Gasteiger partial charge is 0.417 e. The van der Waals surface area contributed by atoms with E-state index in [-0.39, 0.29) is 17.4 Å². The van der Waals surface area contributed by atoms with E-state index in [2.05, 4.69) is 9.72 Å². The van der Waals surface area contributed by atoms with Gasteiger partial charge in [-0.05, 0) is 12.5 Å². The van der Waals surface area contributed by atoms with Crippen LogP contribution < -0.4 is 4.90 Å².